The molecular formula is C13H16O3. The van der Waals surface area contributed by atoms with Crippen molar-refractivity contribution < 1.29 is 14.2 Å². The number of benzene rings is 1. The van der Waals surface area contributed by atoms with Crippen LogP contribution in [0.25, 0.3) is 0 Å². The molecular weight excluding hydrogens is 204 g/mol. The van der Waals surface area contributed by atoms with Gasteiger partial charge in [-0.2, -0.15) is 0 Å². The van der Waals surface area contributed by atoms with Crippen molar-refractivity contribution in [1.29, 1.82) is 0 Å². The monoisotopic (exact) mass is 220 g/mol. The second-order valence-corrected chi connectivity index (χ2v) is 4.58. The lowest BCUT2D eigenvalue weighted by Gasteiger charge is -2.08. The van der Waals surface area contributed by atoms with Crippen LogP contribution < -0.4 is 9.47 Å². The molecule has 2 aliphatic heterocycles. The Bertz CT molecular complexity index is 398. The van der Waals surface area contributed by atoms with Gasteiger partial charge in [0.25, 0.3) is 0 Å². The molecule has 1 aromatic carbocycles. The molecule has 3 atom stereocenters. The molecule has 3 heteroatoms. The quantitative estimate of drug-likeness (QED) is 0.733. The molecule has 3 unspecified atom stereocenters. The van der Waals surface area contributed by atoms with E-state index in [1.54, 1.807) is 0 Å². The summed E-state index contributed by atoms with van der Waals surface area (Å²) < 4.78 is 16.5. The van der Waals surface area contributed by atoms with Gasteiger partial charge in [-0.1, -0.05) is 6.92 Å². The largest absolute Gasteiger partial charge is 0.491 e. The Kier molecular flexibility index (Phi) is 2.28. The van der Waals surface area contributed by atoms with Crippen molar-refractivity contribution in [3.63, 3.8) is 0 Å². The topological polar surface area (TPSA) is 31.0 Å². The average Bonchev–Trinajstić information content (AvgIpc) is 3.06. The van der Waals surface area contributed by atoms with Gasteiger partial charge in [-0.05, 0) is 25.1 Å². The number of epoxide rings is 1. The van der Waals surface area contributed by atoms with Crippen LogP contribution >= 0.6 is 0 Å². The third-order valence-electron chi connectivity index (χ3n) is 3.33. The van der Waals surface area contributed by atoms with Gasteiger partial charge in [0.1, 0.15) is 30.3 Å². The molecule has 1 aromatic rings. The lowest BCUT2D eigenvalue weighted by atomic mass is 9.98. The number of fused-ring (bicyclic) bond motifs is 1. The Labute approximate surface area is 95.3 Å². The molecule has 2 heterocycles. The van der Waals surface area contributed by atoms with Crippen LogP contribution in [0.4, 0.5) is 0 Å². The summed E-state index contributed by atoms with van der Waals surface area (Å²) in [5.74, 6) is 2.35. The zero-order valence-corrected chi connectivity index (χ0v) is 9.60. The van der Waals surface area contributed by atoms with Gasteiger partial charge >= 0.3 is 0 Å². The van der Waals surface area contributed by atoms with Crippen molar-refractivity contribution in [2.24, 2.45) is 0 Å². The Morgan fingerprint density at radius 1 is 1.38 bits per heavy atom. The van der Waals surface area contributed by atoms with Crippen molar-refractivity contribution in [1.82, 2.24) is 0 Å². The Hall–Kier alpha value is -1.22. The van der Waals surface area contributed by atoms with Gasteiger partial charge in [0, 0.05) is 11.5 Å². The predicted octanol–water partition coefficient (Wildman–Crippen LogP) is 2.35. The van der Waals surface area contributed by atoms with E-state index in [0.29, 0.717) is 18.6 Å². The molecule has 0 spiro atoms. The minimum Gasteiger partial charge on any atom is -0.491 e. The second kappa shape index (κ2) is 3.67. The first-order valence-electron chi connectivity index (χ1n) is 5.79. The third kappa shape index (κ3) is 1.76. The fourth-order valence-corrected chi connectivity index (χ4v) is 1.99. The maximum absolute atomic E-state index is 5.73. The van der Waals surface area contributed by atoms with E-state index in [4.69, 9.17) is 14.2 Å². The van der Waals surface area contributed by atoms with E-state index < -0.39 is 0 Å². The first kappa shape index (κ1) is 9.97. The second-order valence-electron chi connectivity index (χ2n) is 4.58. The highest BCUT2D eigenvalue weighted by Crippen LogP contribution is 2.39. The highest BCUT2D eigenvalue weighted by atomic mass is 16.6. The van der Waals surface area contributed by atoms with Crippen LogP contribution in [0.5, 0.6) is 11.5 Å². The Morgan fingerprint density at radius 3 is 2.94 bits per heavy atom. The number of rotatable bonds is 3. The van der Waals surface area contributed by atoms with E-state index in [0.717, 1.165) is 18.1 Å². The highest BCUT2D eigenvalue weighted by molar-refractivity contribution is 5.45. The summed E-state index contributed by atoms with van der Waals surface area (Å²) in [7, 11) is 0. The Balaban J connectivity index is 1.76. The van der Waals surface area contributed by atoms with E-state index in [1.165, 1.54) is 5.56 Å². The summed E-state index contributed by atoms with van der Waals surface area (Å²) in [5.41, 5.74) is 1.25. The van der Waals surface area contributed by atoms with Gasteiger partial charge < -0.3 is 14.2 Å². The molecule has 2 aliphatic rings. The molecule has 0 amide bonds. The van der Waals surface area contributed by atoms with Gasteiger partial charge in [-0.15, -0.1) is 0 Å². The highest BCUT2D eigenvalue weighted by Gasteiger charge is 2.28. The van der Waals surface area contributed by atoms with Crippen LogP contribution in [0.15, 0.2) is 18.2 Å². The molecule has 1 saturated heterocycles. The minimum absolute atomic E-state index is 0.261. The SMILES string of the molecule is CC1Oc2ccc(OCC3CO3)cc2C1C. The molecule has 3 nitrogen and oxygen atoms in total. The van der Waals surface area contributed by atoms with Gasteiger partial charge in [-0.3, -0.25) is 0 Å². The van der Waals surface area contributed by atoms with E-state index >= 15 is 0 Å². The van der Waals surface area contributed by atoms with E-state index in [9.17, 15) is 0 Å². The molecule has 0 aliphatic carbocycles. The predicted molar refractivity (Wildman–Crippen MR) is 60.2 cm³/mol. The summed E-state index contributed by atoms with van der Waals surface area (Å²) in [6.07, 6.45) is 0.567. The summed E-state index contributed by atoms with van der Waals surface area (Å²) in [5, 5.41) is 0. The number of hydrogen-bond donors (Lipinski definition) is 0. The summed E-state index contributed by atoms with van der Waals surface area (Å²) in [6.45, 7) is 5.78. The van der Waals surface area contributed by atoms with Crippen molar-refractivity contribution >= 4 is 0 Å². The molecule has 0 bridgehead atoms. The minimum atomic E-state index is 0.261. The van der Waals surface area contributed by atoms with E-state index in [1.807, 2.05) is 12.1 Å². The van der Waals surface area contributed by atoms with Crippen LogP contribution in [0, 0.1) is 0 Å². The van der Waals surface area contributed by atoms with Crippen LogP contribution in [-0.4, -0.2) is 25.4 Å². The van der Waals surface area contributed by atoms with Crippen molar-refractivity contribution in [3.8, 4) is 11.5 Å². The molecule has 0 saturated carbocycles. The molecule has 3 rings (SSSR count). The Morgan fingerprint density at radius 2 is 2.19 bits per heavy atom. The maximum atomic E-state index is 5.73. The van der Waals surface area contributed by atoms with Crippen molar-refractivity contribution in [2.45, 2.75) is 32.0 Å². The number of hydrogen-bond acceptors (Lipinski definition) is 3. The smallest absolute Gasteiger partial charge is 0.123 e. The third-order valence-corrected chi connectivity index (χ3v) is 3.33. The first-order chi connectivity index (χ1) is 7.74. The van der Waals surface area contributed by atoms with Gasteiger partial charge in [0.05, 0.1) is 6.61 Å². The van der Waals surface area contributed by atoms with Crippen molar-refractivity contribution in [3.05, 3.63) is 23.8 Å². The molecule has 0 radical (unpaired) electrons. The van der Waals surface area contributed by atoms with Gasteiger partial charge in [0.2, 0.25) is 0 Å². The fraction of sp³-hybridized carbons (Fsp3) is 0.538. The van der Waals surface area contributed by atoms with Gasteiger partial charge in [0.15, 0.2) is 0 Å². The standard InChI is InChI=1S/C13H16O3/c1-8-9(2)16-13-4-3-10(5-12(8)13)14-6-11-7-15-11/h3-5,8-9,11H,6-7H2,1-2H3. The summed E-state index contributed by atoms with van der Waals surface area (Å²) in [4.78, 5) is 0. The summed E-state index contributed by atoms with van der Waals surface area (Å²) >= 11 is 0. The molecule has 86 valence electrons. The maximum Gasteiger partial charge on any atom is 0.123 e. The molecule has 16 heavy (non-hydrogen) atoms. The first-order valence-corrected chi connectivity index (χ1v) is 5.79. The van der Waals surface area contributed by atoms with E-state index in [-0.39, 0.29) is 6.10 Å². The van der Waals surface area contributed by atoms with Crippen LogP contribution in [0.3, 0.4) is 0 Å². The van der Waals surface area contributed by atoms with Crippen LogP contribution in [-0.2, 0) is 4.74 Å². The normalized spacial score (nSPS) is 30.8. The lowest BCUT2D eigenvalue weighted by Crippen LogP contribution is -2.10. The molecule has 0 aromatic heterocycles. The molecule has 1 fully saturated rings. The van der Waals surface area contributed by atoms with Crippen LogP contribution in [0.1, 0.15) is 25.3 Å². The lowest BCUT2D eigenvalue weighted by molar-refractivity contribution is 0.232. The number of ether oxygens (including phenoxy) is 3. The van der Waals surface area contributed by atoms with Gasteiger partial charge in [-0.25, -0.2) is 0 Å². The van der Waals surface area contributed by atoms with Crippen molar-refractivity contribution in [2.75, 3.05) is 13.2 Å². The van der Waals surface area contributed by atoms with Crippen LogP contribution in [0.2, 0.25) is 0 Å². The fourth-order valence-electron chi connectivity index (χ4n) is 1.99. The summed E-state index contributed by atoms with van der Waals surface area (Å²) in [6, 6.07) is 6.05. The zero-order valence-electron chi connectivity index (χ0n) is 9.60. The average molecular weight is 220 g/mol. The zero-order chi connectivity index (χ0) is 11.1. The van der Waals surface area contributed by atoms with E-state index in [2.05, 4.69) is 19.9 Å². The molecule has 0 N–H and O–H groups in total.